The van der Waals surface area contributed by atoms with E-state index in [9.17, 15) is 13.2 Å². The molecule has 0 saturated heterocycles. The Morgan fingerprint density at radius 3 is 2.18 bits per heavy atom. The van der Waals surface area contributed by atoms with Crippen molar-refractivity contribution in [1.82, 2.24) is 10.2 Å². The van der Waals surface area contributed by atoms with Crippen LogP contribution in [0.3, 0.4) is 0 Å². The van der Waals surface area contributed by atoms with Crippen molar-refractivity contribution in [2.45, 2.75) is 13.1 Å². The summed E-state index contributed by atoms with van der Waals surface area (Å²) in [4.78, 5) is 0. The second kappa shape index (κ2) is 4.18. The molecule has 1 aromatic carbocycles. The number of nitrogens with zero attached hydrogens (tertiary/aromatic N) is 1. The number of hydrogen-bond acceptors (Lipinski definition) is 1. The molecule has 0 aliphatic carbocycles. The molecule has 0 radical (unpaired) electrons. The molecule has 0 fully saturated rings. The third-order valence-electron chi connectivity index (χ3n) is 2.36. The maximum absolute atomic E-state index is 12.4. The number of H-pyrrole nitrogens is 1. The first kappa shape index (κ1) is 12.2. The number of aryl methyl sites for hydroxylation is 1. The molecule has 0 saturated carbocycles. The Hall–Kier alpha value is -1.30. The molecule has 0 aliphatic rings. The highest BCUT2D eigenvalue weighted by atomic mass is 79.9. The van der Waals surface area contributed by atoms with Gasteiger partial charge in [-0.1, -0.05) is 12.1 Å². The third kappa shape index (κ3) is 2.36. The van der Waals surface area contributed by atoms with Gasteiger partial charge >= 0.3 is 6.18 Å². The van der Waals surface area contributed by atoms with E-state index in [2.05, 4.69) is 26.1 Å². The van der Waals surface area contributed by atoms with Gasteiger partial charge in [0.2, 0.25) is 0 Å². The van der Waals surface area contributed by atoms with Crippen LogP contribution in [-0.4, -0.2) is 10.2 Å². The fourth-order valence-corrected chi connectivity index (χ4v) is 1.83. The predicted molar refractivity (Wildman–Crippen MR) is 61.5 cm³/mol. The van der Waals surface area contributed by atoms with Crippen molar-refractivity contribution in [1.29, 1.82) is 0 Å². The van der Waals surface area contributed by atoms with Gasteiger partial charge in [-0.3, -0.25) is 5.10 Å². The van der Waals surface area contributed by atoms with Gasteiger partial charge in [0.05, 0.1) is 10.0 Å². The number of halogens is 4. The van der Waals surface area contributed by atoms with E-state index in [4.69, 9.17) is 0 Å². The van der Waals surface area contributed by atoms with Crippen molar-refractivity contribution >= 4 is 15.9 Å². The second-order valence-corrected chi connectivity index (χ2v) is 4.38. The minimum Gasteiger partial charge on any atom is -0.281 e. The summed E-state index contributed by atoms with van der Waals surface area (Å²) in [6, 6.07) is 4.91. The van der Waals surface area contributed by atoms with Gasteiger partial charge in [0.25, 0.3) is 0 Å². The standard InChI is InChI=1S/C11H8BrF3N2/c1-6-9(12)10(17-16-6)7-2-4-8(5-3-7)11(13,14)15/h2-5H,1H3,(H,16,17). The second-order valence-electron chi connectivity index (χ2n) is 3.59. The summed E-state index contributed by atoms with van der Waals surface area (Å²) in [6.07, 6.45) is -4.31. The third-order valence-corrected chi connectivity index (χ3v) is 3.33. The average Bonchev–Trinajstić information content (AvgIpc) is 2.59. The van der Waals surface area contributed by atoms with Crippen LogP contribution in [0.4, 0.5) is 13.2 Å². The van der Waals surface area contributed by atoms with Crippen LogP contribution in [0.2, 0.25) is 0 Å². The van der Waals surface area contributed by atoms with Crippen molar-refractivity contribution in [3.8, 4) is 11.3 Å². The van der Waals surface area contributed by atoms with E-state index in [0.717, 1.165) is 22.3 Å². The molecule has 17 heavy (non-hydrogen) atoms. The van der Waals surface area contributed by atoms with E-state index in [-0.39, 0.29) is 0 Å². The molecule has 1 heterocycles. The fourth-order valence-electron chi connectivity index (χ4n) is 1.42. The van der Waals surface area contributed by atoms with Crippen LogP contribution in [0.5, 0.6) is 0 Å². The van der Waals surface area contributed by atoms with Gasteiger partial charge in [0.15, 0.2) is 0 Å². The van der Waals surface area contributed by atoms with Gasteiger partial charge in [-0.15, -0.1) is 0 Å². The molecule has 0 bridgehead atoms. The van der Waals surface area contributed by atoms with E-state index in [1.807, 2.05) is 6.92 Å². The van der Waals surface area contributed by atoms with E-state index in [1.165, 1.54) is 12.1 Å². The summed E-state index contributed by atoms with van der Waals surface area (Å²) in [7, 11) is 0. The summed E-state index contributed by atoms with van der Waals surface area (Å²) in [5, 5.41) is 6.79. The van der Waals surface area contributed by atoms with E-state index in [0.29, 0.717) is 11.3 Å². The molecule has 1 N–H and O–H groups in total. The number of hydrogen-bond donors (Lipinski definition) is 1. The Balaban J connectivity index is 2.40. The first-order valence-corrected chi connectivity index (χ1v) is 5.57. The zero-order valence-corrected chi connectivity index (χ0v) is 10.4. The molecule has 0 spiro atoms. The first-order chi connectivity index (χ1) is 7.89. The van der Waals surface area contributed by atoms with Gasteiger partial charge in [0, 0.05) is 11.3 Å². The van der Waals surface area contributed by atoms with Crippen LogP contribution in [0, 0.1) is 6.92 Å². The molecule has 0 atom stereocenters. The van der Waals surface area contributed by atoms with Crippen molar-refractivity contribution in [2.75, 3.05) is 0 Å². The normalized spacial score (nSPS) is 11.8. The number of rotatable bonds is 1. The Bertz CT molecular complexity index is 529. The van der Waals surface area contributed by atoms with Gasteiger partial charge < -0.3 is 0 Å². The van der Waals surface area contributed by atoms with Gasteiger partial charge in [-0.2, -0.15) is 18.3 Å². The van der Waals surface area contributed by atoms with Crippen LogP contribution in [0.1, 0.15) is 11.3 Å². The zero-order chi connectivity index (χ0) is 12.6. The Morgan fingerprint density at radius 2 is 1.76 bits per heavy atom. The molecule has 0 amide bonds. The van der Waals surface area contributed by atoms with E-state index < -0.39 is 11.7 Å². The Morgan fingerprint density at radius 1 is 1.18 bits per heavy atom. The lowest BCUT2D eigenvalue weighted by Crippen LogP contribution is -2.04. The molecular weight excluding hydrogens is 297 g/mol. The maximum atomic E-state index is 12.4. The minimum absolute atomic E-state index is 0.608. The lowest BCUT2D eigenvalue weighted by molar-refractivity contribution is -0.137. The first-order valence-electron chi connectivity index (χ1n) is 4.77. The Labute approximate surface area is 104 Å². The molecule has 6 heteroatoms. The lowest BCUT2D eigenvalue weighted by Gasteiger charge is -2.06. The molecule has 2 nitrogen and oxygen atoms in total. The Kier molecular flexibility index (Phi) is 2.99. The highest BCUT2D eigenvalue weighted by Crippen LogP contribution is 2.32. The quantitative estimate of drug-likeness (QED) is 0.842. The molecule has 90 valence electrons. The van der Waals surface area contributed by atoms with Crippen LogP contribution >= 0.6 is 15.9 Å². The monoisotopic (exact) mass is 304 g/mol. The number of benzene rings is 1. The van der Waals surface area contributed by atoms with Crippen LogP contribution in [0.25, 0.3) is 11.3 Å². The SMILES string of the molecule is Cc1[nH]nc(-c2ccc(C(F)(F)F)cc2)c1Br. The minimum atomic E-state index is -4.31. The number of aromatic amines is 1. The molecule has 2 aromatic rings. The molecule has 0 unspecified atom stereocenters. The highest BCUT2D eigenvalue weighted by molar-refractivity contribution is 9.10. The zero-order valence-electron chi connectivity index (χ0n) is 8.77. The van der Waals surface area contributed by atoms with E-state index >= 15 is 0 Å². The summed E-state index contributed by atoms with van der Waals surface area (Å²) in [5.41, 5.74) is 1.41. The van der Waals surface area contributed by atoms with Crippen molar-refractivity contribution < 1.29 is 13.2 Å². The van der Waals surface area contributed by atoms with E-state index in [1.54, 1.807) is 0 Å². The smallest absolute Gasteiger partial charge is 0.281 e. The van der Waals surface area contributed by atoms with Crippen molar-refractivity contribution in [3.63, 3.8) is 0 Å². The molecular formula is C11H8BrF3N2. The summed E-state index contributed by atoms with van der Waals surface area (Å²) in [5.74, 6) is 0. The molecule has 1 aromatic heterocycles. The van der Waals surface area contributed by atoms with Crippen LogP contribution in [-0.2, 0) is 6.18 Å². The topological polar surface area (TPSA) is 28.7 Å². The largest absolute Gasteiger partial charge is 0.416 e. The van der Waals surface area contributed by atoms with Crippen molar-refractivity contribution in [2.24, 2.45) is 0 Å². The summed E-state index contributed by atoms with van der Waals surface area (Å²) >= 11 is 3.33. The van der Waals surface area contributed by atoms with Gasteiger partial charge in [-0.05, 0) is 35.0 Å². The fraction of sp³-hybridized carbons (Fsp3) is 0.182. The number of alkyl halides is 3. The average molecular weight is 305 g/mol. The summed E-state index contributed by atoms with van der Waals surface area (Å²) in [6.45, 7) is 1.82. The van der Waals surface area contributed by atoms with Gasteiger partial charge in [0.1, 0.15) is 5.69 Å². The van der Waals surface area contributed by atoms with Gasteiger partial charge in [-0.25, -0.2) is 0 Å². The maximum Gasteiger partial charge on any atom is 0.416 e. The number of nitrogens with one attached hydrogen (secondary N) is 1. The van der Waals surface area contributed by atoms with Crippen molar-refractivity contribution in [3.05, 3.63) is 40.0 Å². The summed E-state index contributed by atoms with van der Waals surface area (Å²) < 4.78 is 37.9. The van der Waals surface area contributed by atoms with Crippen LogP contribution < -0.4 is 0 Å². The predicted octanol–water partition coefficient (Wildman–Crippen LogP) is 4.17. The highest BCUT2D eigenvalue weighted by Gasteiger charge is 2.30. The molecule has 0 aliphatic heterocycles. The van der Waals surface area contributed by atoms with Crippen LogP contribution in [0.15, 0.2) is 28.7 Å². The number of aromatic nitrogens is 2. The molecule has 2 rings (SSSR count). The lowest BCUT2D eigenvalue weighted by atomic mass is 10.1.